The minimum absolute atomic E-state index is 0.0104. The maximum absolute atomic E-state index is 13.2. The predicted molar refractivity (Wildman–Crippen MR) is 529 cm³/mol. The molecule has 47 nitrogen and oxygen atoms in total. The van der Waals surface area contributed by atoms with Gasteiger partial charge in [-0.1, -0.05) is 53.4 Å². The molecule has 16 rings (SSSR count). The van der Waals surface area contributed by atoms with Gasteiger partial charge < -0.3 is 63.9 Å². The Hall–Kier alpha value is -12.0. The molecule has 8 aromatic heterocycles. The summed E-state index contributed by atoms with van der Waals surface area (Å²) in [6.45, 7) is 23.7. The number of fused-ring (bicyclic) bond motifs is 4. The van der Waals surface area contributed by atoms with Gasteiger partial charge >= 0.3 is 0 Å². The lowest BCUT2D eigenvalue weighted by atomic mass is 10.1. The molecule has 0 bridgehead atoms. The van der Waals surface area contributed by atoms with E-state index in [0.29, 0.717) is 225 Å². The minimum atomic E-state index is -3.91. The number of aromatic nitrogens is 16. The first-order valence-corrected chi connectivity index (χ1v) is 53.4. The van der Waals surface area contributed by atoms with Crippen molar-refractivity contribution in [2.45, 2.75) is 170 Å². The Bertz CT molecular complexity index is 7240. The summed E-state index contributed by atoms with van der Waals surface area (Å²) in [6.07, 6.45) is 8.28. The van der Waals surface area contributed by atoms with E-state index < -0.39 is 45.2 Å². The highest BCUT2D eigenvalue weighted by Crippen LogP contribution is 2.38. The van der Waals surface area contributed by atoms with Crippen LogP contribution in [0.25, 0.3) is 89.7 Å². The SMILES string of the molecule is CCCc1nn(C)c2c(=O)[nH]c(-c3cc(S(=O)(=O)NC4CN(CCCCO)C4)ccc3OCC)nc12.CCCc1nn(C)c2c(=O)[nH]c(-c3cc(S(=O)(=O)NC4CN(CCCO)C4)ccc3OCC)nc12.CCCc1nn(C)c2c(=O)[nH]c(-c3cc(S(=O)(=O)NC4CN(CCO)C4)ccc3OCC)nc12.CCCc1nn(C)c2c(=O)[nH]c(-c3cc(S(=O)(=O)NC4CN(CCO[N+](=O)[O-])C4)ccc3OCC)nc12. The molecule has 4 fully saturated rings. The molecule has 4 aliphatic rings. The van der Waals surface area contributed by atoms with Crippen LogP contribution >= 0.6 is 0 Å². The van der Waals surface area contributed by atoms with Crippen LogP contribution in [0.3, 0.4) is 0 Å². The molecule has 4 saturated heterocycles. The fraction of sp³-hybridized carbons (Fsp3) is 0.516. The first-order valence-electron chi connectivity index (χ1n) is 47.4. The number of hydrogen-bond acceptors (Lipinski definition) is 34. The second kappa shape index (κ2) is 47.5. The molecule has 51 heteroatoms. The van der Waals surface area contributed by atoms with E-state index in [0.717, 1.165) is 63.0 Å². The molecular weight excluding hydrogens is 1920 g/mol. The average Bonchev–Trinajstić information content (AvgIpc) is 1.57. The summed E-state index contributed by atoms with van der Waals surface area (Å²) in [4.78, 5) is 104. The molecule has 0 saturated carbocycles. The van der Waals surface area contributed by atoms with Gasteiger partial charge in [0.05, 0.1) is 97.6 Å². The Morgan fingerprint density at radius 1 is 0.366 bits per heavy atom. The van der Waals surface area contributed by atoms with Crippen LogP contribution in [-0.2, 0) is 98.8 Å². The monoisotopic (exact) mass is 2050 g/mol. The van der Waals surface area contributed by atoms with E-state index in [-0.39, 0.29) is 116 Å². The van der Waals surface area contributed by atoms with Crippen molar-refractivity contribution in [3.63, 3.8) is 0 Å². The van der Waals surface area contributed by atoms with Crippen molar-refractivity contribution >= 4 is 84.2 Å². The van der Waals surface area contributed by atoms with Gasteiger partial charge in [0.2, 0.25) is 40.1 Å². The maximum Gasteiger partial charge on any atom is 0.294 e. The summed E-state index contributed by atoms with van der Waals surface area (Å²) in [5, 5.41) is 54.0. The third kappa shape index (κ3) is 25.3. The number of aliphatic hydroxyl groups is 3. The van der Waals surface area contributed by atoms with Crippen molar-refractivity contribution in [2.24, 2.45) is 28.2 Å². The molecular formula is C91H125N25O22S4. The second-order valence-electron chi connectivity index (χ2n) is 34.7. The summed E-state index contributed by atoms with van der Waals surface area (Å²) in [5.41, 5.74) is 6.31. The quantitative estimate of drug-likeness (QED) is 0.0146. The highest BCUT2D eigenvalue weighted by atomic mass is 32.2. The van der Waals surface area contributed by atoms with Gasteiger partial charge in [-0.25, -0.2) is 72.5 Å². The Morgan fingerprint density at radius 3 is 0.845 bits per heavy atom. The van der Waals surface area contributed by atoms with Gasteiger partial charge in [0.25, 0.3) is 27.3 Å². The lowest BCUT2D eigenvalue weighted by Crippen LogP contribution is -2.59. The number of sulfonamides is 4. The molecule has 0 unspecified atom stereocenters. The Morgan fingerprint density at radius 2 is 0.613 bits per heavy atom. The zero-order valence-corrected chi connectivity index (χ0v) is 84.8. The molecule has 12 aromatic rings. The zero-order valence-electron chi connectivity index (χ0n) is 81.5. The lowest BCUT2D eigenvalue weighted by Gasteiger charge is -2.39. The van der Waals surface area contributed by atoms with Gasteiger partial charge in [0, 0.05) is 138 Å². The molecule has 0 radical (unpaired) electrons. The Balaban J connectivity index is 0.000000159. The number of nitrogens with one attached hydrogen (secondary N) is 8. The number of ether oxygens (including phenoxy) is 4. The van der Waals surface area contributed by atoms with Crippen LogP contribution in [0.2, 0.25) is 0 Å². The summed E-state index contributed by atoms with van der Waals surface area (Å²) in [5.74, 6) is 2.52. The van der Waals surface area contributed by atoms with Crippen LogP contribution in [0.1, 0.15) is 123 Å². The van der Waals surface area contributed by atoms with Crippen molar-refractivity contribution in [3.8, 4) is 68.5 Å². The van der Waals surface area contributed by atoms with Gasteiger partial charge in [-0.15, -0.1) is 10.1 Å². The van der Waals surface area contributed by atoms with Gasteiger partial charge in [0.1, 0.15) is 75.0 Å². The van der Waals surface area contributed by atoms with Crippen LogP contribution < -0.4 is 60.1 Å². The van der Waals surface area contributed by atoms with Gasteiger partial charge in [-0.3, -0.25) is 52.6 Å². The van der Waals surface area contributed by atoms with Crippen LogP contribution in [0.5, 0.6) is 23.0 Å². The zero-order chi connectivity index (χ0) is 102. The van der Waals surface area contributed by atoms with Crippen molar-refractivity contribution in [3.05, 3.63) is 147 Å². The number of likely N-dealkylation sites (tertiary alicyclic amines) is 4. The molecule has 770 valence electrons. The molecule has 11 N–H and O–H groups in total. The fourth-order valence-electron chi connectivity index (χ4n) is 17.3. The number of nitrogens with zero attached hydrogens (tertiary/aromatic N) is 17. The third-order valence-electron chi connectivity index (χ3n) is 23.9. The van der Waals surface area contributed by atoms with Crippen LogP contribution in [0.15, 0.2) is 112 Å². The van der Waals surface area contributed by atoms with Crippen molar-refractivity contribution < 1.29 is 77.9 Å². The van der Waals surface area contributed by atoms with E-state index in [1.807, 2.05) is 58.3 Å². The number of hydrogen-bond donors (Lipinski definition) is 11. The number of unbranched alkanes of at least 4 members (excludes halogenated alkanes) is 1. The van der Waals surface area contributed by atoms with E-state index in [1.54, 1.807) is 53.3 Å². The maximum atomic E-state index is 13.2. The summed E-state index contributed by atoms with van der Waals surface area (Å²) < 4.78 is 145. The molecule has 142 heavy (non-hydrogen) atoms. The Labute approximate surface area is 819 Å². The first kappa shape index (κ1) is 107. The van der Waals surface area contributed by atoms with E-state index in [2.05, 4.69) is 93.8 Å². The highest BCUT2D eigenvalue weighted by molar-refractivity contribution is 7.90. The fourth-order valence-corrected chi connectivity index (χ4v) is 22.3. The van der Waals surface area contributed by atoms with Crippen LogP contribution in [0, 0.1) is 10.1 Å². The number of β-amino-alcohol motifs (C(OH)–C–C–N with tert-alkyl or cyclic N) is 1. The average molecular weight is 2050 g/mol. The summed E-state index contributed by atoms with van der Waals surface area (Å²) in [6, 6.07) is 17.1. The molecule has 0 amide bonds. The highest BCUT2D eigenvalue weighted by Gasteiger charge is 2.37. The topological polar surface area (TPSA) is 602 Å². The van der Waals surface area contributed by atoms with Gasteiger partial charge in [-0.05, 0) is 152 Å². The minimum Gasteiger partial charge on any atom is -0.493 e. The normalized spacial score (nSPS) is 14.9. The van der Waals surface area contributed by atoms with Crippen molar-refractivity contribution in [1.82, 2.24) is 117 Å². The number of benzene rings is 4. The second-order valence-corrected chi connectivity index (χ2v) is 41.5. The standard InChI is InChI=1S/C24H34N6O5S.C23H32N6O5S.C22H29N7O7S.C22H30N6O5S/c1-4-8-19-21-22(29(3)27-19)24(32)26-23(25-21)18-13-17(9-10-20(18)35-5-2)36(33,34)28-16-14-30(15-16)11-6-7-12-31;1-4-7-18-20-21(28(3)26-18)23(31)25-22(24-20)17-12-16(8-9-19(17)34-5-2)35(32,33)27-15-13-29(14-15)10-6-11-30;1-4-6-17-19-20(27(3)25-17)22(30)24-21(23-19)16-11-15(7-8-18(16)35-5-2)37(33,34)26-14-12-28(13-14)9-10-36-29(31)32;1-4-6-17-19-20(27(3)25-17)22(30)24-21(23-19)16-11-15(7-8-18(16)33-5-2)34(31,32)26-14-12-28(13-14)9-10-29/h9-10,13,16,28,31H,4-8,11-12,14-15H2,1-3H3,(H,25,26,32);8-9,12,15,27,30H,4-7,10-11,13-14H2,1-3H3,(H,24,25,31);7-8,11,14,26H,4-6,9-10,12-13H2,1-3H3,(H,23,24,30);7-8,11,14,26,29H,4-6,9-10,12-13H2,1-3H3,(H,23,24,30). The largest absolute Gasteiger partial charge is 0.493 e. The molecule has 4 aliphatic heterocycles. The van der Waals surface area contributed by atoms with Gasteiger partial charge in [0.15, 0.2) is 22.1 Å². The first-order chi connectivity index (χ1) is 67.9. The van der Waals surface area contributed by atoms with E-state index in [4.69, 9.17) is 34.3 Å². The van der Waals surface area contributed by atoms with E-state index >= 15 is 0 Å². The molecule has 4 aromatic carbocycles. The smallest absolute Gasteiger partial charge is 0.294 e. The lowest BCUT2D eigenvalue weighted by molar-refractivity contribution is -0.757. The van der Waals surface area contributed by atoms with Gasteiger partial charge in [-0.2, -0.15) is 20.4 Å². The number of rotatable bonds is 45. The Kier molecular flexibility index (Phi) is 35.9. The van der Waals surface area contributed by atoms with Crippen LogP contribution in [-0.4, -0.2) is 308 Å². The van der Waals surface area contributed by atoms with Crippen molar-refractivity contribution in [2.75, 3.05) is 131 Å². The predicted octanol–water partition coefficient (Wildman–Crippen LogP) is 3.90. The molecule has 0 atom stereocenters. The van der Waals surface area contributed by atoms with Crippen LogP contribution in [0.4, 0.5) is 0 Å². The number of H-pyrrole nitrogens is 4. The number of aromatic amines is 4. The van der Waals surface area contributed by atoms with E-state index in [1.165, 1.54) is 73.3 Å². The third-order valence-corrected chi connectivity index (χ3v) is 30.0. The number of aryl methyl sites for hydroxylation is 8. The summed E-state index contributed by atoms with van der Waals surface area (Å²) >= 11 is 0. The number of aliphatic hydroxyl groups excluding tert-OH is 3. The van der Waals surface area contributed by atoms with E-state index in [9.17, 15) is 63.0 Å². The molecule has 0 spiro atoms. The molecule has 0 aliphatic carbocycles. The summed E-state index contributed by atoms with van der Waals surface area (Å²) in [7, 11) is -8.56. The van der Waals surface area contributed by atoms with Crippen molar-refractivity contribution in [1.29, 1.82) is 0 Å². The molecule has 12 heterocycles.